The first-order valence-corrected chi connectivity index (χ1v) is 9.93. The van der Waals surface area contributed by atoms with Gasteiger partial charge in [0.25, 0.3) is 11.1 Å². The molecule has 1 aliphatic rings. The molecule has 1 saturated heterocycles. The Bertz CT molecular complexity index is 1180. The summed E-state index contributed by atoms with van der Waals surface area (Å²) in [6, 6.07) is 20.1. The molecule has 2 amide bonds. The lowest BCUT2D eigenvalue weighted by Crippen LogP contribution is -2.27. The molecule has 2 heterocycles. The number of carbonyl (C=O) groups excluding carboxylic acids is 2. The average Bonchev–Trinajstić information content (AvgIpc) is 3.29. The van der Waals surface area contributed by atoms with Gasteiger partial charge >= 0.3 is 0 Å². The number of nitriles is 1. The van der Waals surface area contributed by atoms with Gasteiger partial charge < -0.3 is 4.57 Å². The van der Waals surface area contributed by atoms with Crippen LogP contribution in [0.3, 0.4) is 0 Å². The van der Waals surface area contributed by atoms with E-state index in [2.05, 4.69) is 6.07 Å². The fourth-order valence-electron chi connectivity index (χ4n) is 3.06. The van der Waals surface area contributed by atoms with Crippen LogP contribution in [0.15, 0.2) is 71.8 Å². The van der Waals surface area contributed by atoms with Crippen molar-refractivity contribution < 1.29 is 9.59 Å². The van der Waals surface area contributed by atoms with Gasteiger partial charge in [-0.1, -0.05) is 29.8 Å². The second kappa shape index (κ2) is 8.00. The Balaban J connectivity index is 1.61. The van der Waals surface area contributed by atoms with E-state index in [1.54, 1.807) is 42.5 Å². The lowest BCUT2D eigenvalue weighted by Gasteiger charge is -2.13. The minimum absolute atomic E-state index is 0.0733. The molecular formula is C22H14ClN3O2S. The third kappa shape index (κ3) is 3.83. The van der Waals surface area contributed by atoms with Crippen molar-refractivity contribution in [1.82, 2.24) is 9.47 Å². The molecule has 7 heteroatoms. The number of nitrogens with zero attached hydrogens (tertiary/aromatic N) is 3. The van der Waals surface area contributed by atoms with E-state index < -0.39 is 0 Å². The van der Waals surface area contributed by atoms with E-state index in [4.69, 9.17) is 11.6 Å². The molecule has 0 spiro atoms. The van der Waals surface area contributed by atoms with Gasteiger partial charge in [0.2, 0.25) is 0 Å². The molecule has 0 radical (unpaired) electrons. The molecule has 0 aliphatic carbocycles. The Morgan fingerprint density at radius 2 is 1.79 bits per heavy atom. The Hall–Kier alpha value is -3.27. The van der Waals surface area contributed by atoms with Crippen LogP contribution in [0.25, 0.3) is 11.8 Å². The second-order valence-electron chi connectivity index (χ2n) is 6.32. The number of benzene rings is 2. The molecule has 2 aromatic carbocycles. The van der Waals surface area contributed by atoms with Crippen molar-refractivity contribution >= 4 is 40.6 Å². The Morgan fingerprint density at radius 3 is 2.55 bits per heavy atom. The van der Waals surface area contributed by atoms with Crippen LogP contribution >= 0.6 is 23.4 Å². The number of hydrogen-bond acceptors (Lipinski definition) is 4. The van der Waals surface area contributed by atoms with Gasteiger partial charge in [-0.3, -0.25) is 14.5 Å². The minimum atomic E-state index is -0.364. The Kier molecular flexibility index (Phi) is 5.26. The van der Waals surface area contributed by atoms with Crippen LogP contribution in [-0.2, 0) is 11.3 Å². The van der Waals surface area contributed by atoms with E-state index in [1.807, 2.05) is 35.0 Å². The quantitative estimate of drug-likeness (QED) is 0.542. The van der Waals surface area contributed by atoms with Gasteiger partial charge in [0.05, 0.1) is 23.1 Å². The fourth-order valence-corrected chi connectivity index (χ4v) is 4.01. The third-order valence-corrected chi connectivity index (χ3v) is 5.66. The molecule has 0 N–H and O–H groups in total. The van der Waals surface area contributed by atoms with Gasteiger partial charge in [-0.25, -0.2) is 0 Å². The molecule has 0 atom stereocenters. The van der Waals surface area contributed by atoms with E-state index >= 15 is 0 Å². The molecule has 29 heavy (non-hydrogen) atoms. The van der Waals surface area contributed by atoms with Crippen molar-refractivity contribution in [2.24, 2.45) is 0 Å². The topological polar surface area (TPSA) is 66.1 Å². The summed E-state index contributed by atoms with van der Waals surface area (Å²) in [6.45, 7) is 0.0733. The van der Waals surface area contributed by atoms with E-state index in [0.29, 0.717) is 21.1 Å². The zero-order chi connectivity index (χ0) is 20.4. The number of carbonyl (C=O) groups is 2. The highest BCUT2D eigenvalue weighted by molar-refractivity contribution is 8.18. The van der Waals surface area contributed by atoms with Crippen LogP contribution in [0.5, 0.6) is 0 Å². The first-order valence-electron chi connectivity index (χ1n) is 8.73. The molecular weight excluding hydrogens is 406 g/mol. The maximum Gasteiger partial charge on any atom is 0.293 e. The lowest BCUT2D eigenvalue weighted by molar-refractivity contribution is -0.123. The van der Waals surface area contributed by atoms with Crippen LogP contribution in [0.1, 0.15) is 16.8 Å². The molecule has 3 aromatic rings. The van der Waals surface area contributed by atoms with Gasteiger partial charge in [-0.2, -0.15) is 5.26 Å². The van der Waals surface area contributed by atoms with Crippen LogP contribution in [0.4, 0.5) is 4.79 Å². The fraction of sp³-hybridized carbons (Fsp3) is 0.0455. The summed E-state index contributed by atoms with van der Waals surface area (Å²) in [4.78, 5) is 26.8. The summed E-state index contributed by atoms with van der Waals surface area (Å²) in [7, 11) is 0. The summed E-state index contributed by atoms with van der Waals surface area (Å²) >= 11 is 6.86. The number of imide groups is 1. The van der Waals surface area contributed by atoms with Crippen LogP contribution in [-0.4, -0.2) is 20.6 Å². The number of amides is 2. The predicted molar refractivity (Wildman–Crippen MR) is 113 cm³/mol. The van der Waals surface area contributed by atoms with Crippen molar-refractivity contribution in [3.63, 3.8) is 0 Å². The number of thioether (sulfide) groups is 1. The van der Waals surface area contributed by atoms with Crippen molar-refractivity contribution in [2.45, 2.75) is 6.54 Å². The smallest absolute Gasteiger partial charge is 0.293 e. The van der Waals surface area contributed by atoms with E-state index in [0.717, 1.165) is 23.1 Å². The Morgan fingerprint density at radius 1 is 1.03 bits per heavy atom. The van der Waals surface area contributed by atoms with Gasteiger partial charge in [0, 0.05) is 22.6 Å². The molecule has 1 aliphatic heterocycles. The van der Waals surface area contributed by atoms with Crippen molar-refractivity contribution in [2.75, 3.05) is 0 Å². The molecule has 4 rings (SSSR count). The highest BCUT2D eigenvalue weighted by atomic mass is 35.5. The normalized spacial score (nSPS) is 15.2. The van der Waals surface area contributed by atoms with Gasteiger partial charge in [0.1, 0.15) is 0 Å². The number of halogens is 1. The summed E-state index contributed by atoms with van der Waals surface area (Å²) in [5.41, 5.74) is 2.76. The SMILES string of the molecule is N#Cc1ccccc1CN1C(=O)S/C(=C/c2cccn2-c2ccc(Cl)cc2)C1=O. The van der Waals surface area contributed by atoms with E-state index in [9.17, 15) is 14.9 Å². The first kappa shape index (κ1) is 19.1. The van der Waals surface area contributed by atoms with Crippen molar-refractivity contribution in [1.29, 1.82) is 5.26 Å². The molecule has 0 saturated carbocycles. The minimum Gasteiger partial charge on any atom is -0.317 e. The molecule has 5 nitrogen and oxygen atoms in total. The predicted octanol–water partition coefficient (Wildman–Crippen LogP) is 5.24. The summed E-state index contributed by atoms with van der Waals surface area (Å²) < 4.78 is 1.91. The lowest BCUT2D eigenvalue weighted by atomic mass is 10.1. The first-order chi connectivity index (χ1) is 14.1. The second-order valence-corrected chi connectivity index (χ2v) is 7.75. The summed E-state index contributed by atoms with van der Waals surface area (Å²) in [5.74, 6) is -0.364. The number of rotatable bonds is 4. The van der Waals surface area contributed by atoms with Crippen LogP contribution in [0, 0.1) is 11.3 Å². The maximum absolute atomic E-state index is 12.8. The standard InChI is InChI=1S/C22H14ClN3O2S/c23-17-7-9-18(10-8-17)25-11-3-6-19(25)12-20-21(27)26(22(28)29-20)14-16-5-2-1-4-15(16)13-24/h1-12H,14H2/b20-12+. The maximum atomic E-state index is 12.8. The number of aromatic nitrogens is 1. The van der Waals surface area contributed by atoms with Gasteiger partial charge in [-0.05, 0) is 65.9 Å². The number of hydrogen-bond donors (Lipinski definition) is 0. The van der Waals surface area contributed by atoms with Gasteiger partial charge in [-0.15, -0.1) is 0 Å². The zero-order valence-electron chi connectivity index (χ0n) is 15.1. The highest BCUT2D eigenvalue weighted by Gasteiger charge is 2.35. The van der Waals surface area contributed by atoms with E-state index in [1.165, 1.54) is 4.90 Å². The van der Waals surface area contributed by atoms with Crippen molar-refractivity contribution in [3.8, 4) is 11.8 Å². The highest BCUT2D eigenvalue weighted by Crippen LogP contribution is 2.34. The van der Waals surface area contributed by atoms with Gasteiger partial charge in [0.15, 0.2) is 0 Å². The largest absolute Gasteiger partial charge is 0.317 e. The molecule has 142 valence electrons. The molecule has 1 fully saturated rings. The van der Waals surface area contributed by atoms with Crippen molar-refractivity contribution in [3.05, 3.63) is 93.6 Å². The van der Waals surface area contributed by atoms with E-state index in [-0.39, 0.29) is 17.7 Å². The molecule has 1 aromatic heterocycles. The monoisotopic (exact) mass is 419 g/mol. The Labute approximate surface area is 176 Å². The van der Waals surface area contributed by atoms with Crippen LogP contribution < -0.4 is 0 Å². The average molecular weight is 420 g/mol. The van der Waals surface area contributed by atoms with Crippen LogP contribution in [0.2, 0.25) is 5.02 Å². The zero-order valence-corrected chi connectivity index (χ0v) is 16.7. The summed E-state index contributed by atoms with van der Waals surface area (Å²) in [5, 5.41) is 9.53. The third-order valence-electron chi connectivity index (χ3n) is 4.50. The summed E-state index contributed by atoms with van der Waals surface area (Å²) in [6.07, 6.45) is 3.58. The molecule has 0 bridgehead atoms. The molecule has 0 unspecified atom stereocenters.